The van der Waals surface area contributed by atoms with Crippen LogP contribution in [0.1, 0.15) is 30.9 Å². The molecule has 74 valence electrons. The van der Waals surface area contributed by atoms with E-state index in [-0.39, 0.29) is 11.7 Å². The van der Waals surface area contributed by atoms with Gasteiger partial charge in [0.15, 0.2) is 0 Å². The molecule has 14 heavy (non-hydrogen) atoms. The number of fused-ring (bicyclic) bond motifs is 1. The van der Waals surface area contributed by atoms with Crippen molar-refractivity contribution in [2.75, 3.05) is 0 Å². The molecule has 0 unspecified atom stereocenters. The molecule has 0 amide bonds. The highest BCUT2D eigenvalue weighted by molar-refractivity contribution is 6.61. The van der Waals surface area contributed by atoms with E-state index in [1.165, 1.54) is 0 Å². The van der Waals surface area contributed by atoms with E-state index in [2.05, 4.69) is 0 Å². The molecule has 1 aromatic rings. The van der Waals surface area contributed by atoms with Gasteiger partial charge in [0.25, 0.3) is 0 Å². The SMILES string of the molecule is CC(C)c1ccc2c(c1F)B(O)OC2. The van der Waals surface area contributed by atoms with Crippen molar-refractivity contribution < 1.29 is 14.1 Å². The second-order valence-corrected chi connectivity index (χ2v) is 3.86. The summed E-state index contributed by atoms with van der Waals surface area (Å²) in [6.07, 6.45) is 0. The molecule has 0 fully saturated rings. The van der Waals surface area contributed by atoms with Crippen LogP contribution >= 0.6 is 0 Å². The zero-order valence-electron chi connectivity index (χ0n) is 8.25. The van der Waals surface area contributed by atoms with Gasteiger partial charge >= 0.3 is 7.12 Å². The predicted octanol–water partition coefficient (Wildman–Crippen LogP) is 1.17. The van der Waals surface area contributed by atoms with E-state index in [9.17, 15) is 9.41 Å². The lowest BCUT2D eigenvalue weighted by atomic mass is 9.77. The summed E-state index contributed by atoms with van der Waals surface area (Å²) in [7, 11) is -1.09. The molecular weight excluding hydrogens is 182 g/mol. The molecule has 0 aromatic heterocycles. The zero-order chi connectivity index (χ0) is 10.3. The van der Waals surface area contributed by atoms with Crippen LogP contribution < -0.4 is 5.46 Å². The summed E-state index contributed by atoms with van der Waals surface area (Å²) in [5, 5.41) is 9.41. The van der Waals surface area contributed by atoms with Crippen molar-refractivity contribution in [3.63, 3.8) is 0 Å². The standard InChI is InChI=1S/C10H12BFO2/c1-6(2)8-4-3-7-5-14-11(13)9(7)10(8)12/h3-4,6,13H,5H2,1-2H3. The van der Waals surface area contributed by atoms with Gasteiger partial charge in [-0.05, 0) is 17.0 Å². The lowest BCUT2D eigenvalue weighted by Crippen LogP contribution is -2.32. The highest BCUT2D eigenvalue weighted by atomic mass is 19.1. The fourth-order valence-electron chi connectivity index (χ4n) is 1.74. The van der Waals surface area contributed by atoms with Crippen molar-refractivity contribution in [3.05, 3.63) is 29.1 Å². The summed E-state index contributed by atoms with van der Waals surface area (Å²) in [6.45, 7) is 4.14. The largest absolute Gasteiger partial charge is 0.494 e. The Kier molecular flexibility index (Phi) is 2.33. The first kappa shape index (κ1) is 9.68. The van der Waals surface area contributed by atoms with Crippen LogP contribution in [0.2, 0.25) is 0 Å². The third kappa shape index (κ3) is 1.35. The third-order valence-electron chi connectivity index (χ3n) is 2.57. The Labute approximate surface area is 82.9 Å². The van der Waals surface area contributed by atoms with Crippen molar-refractivity contribution in [2.45, 2.75) is 26.4 Å². The molecule has 1 aliphatic heterocycles. The Morgan fingerprint density at radius 3 is 2.86 bits per heavy atom. The van der Waals surface area contributed by atoms with Gasteiger partial charge in [-0.15, -0.1) is 0 Å². The maximum atomic E-state index is 13.8. The topological polar surface area (TPSA) is 29.5 Å². The Bertz CT molecular complexity index is 365. The lowest BCUT2D eigenvalue weighted by Gasteiger charge is -2.10. The molecule has 2 rings (SSSR count). The van der Waals surface area contributed by atoms with Gasteiger partial charge in [0.05, 0.1) is 6.61 Å². The number of hydrogen-bond donors (Lipinski definition) is 1. The van der Waals surface area contributed by atoms with Crippen LogP contribution in [0.25, 0.3) is 0 Å². The van der Waals surface area contributed by atoms with Gasteiger partial charge in [-0.2, -0.15) is 0 Å². The van der Waals surface area contributed by atoms with E-state index in [0.717, 1.165) is 5.56 Å². The fourth-order valence-corrected chi connectivity index (χ4v) is 1.74. The van der Waals surface area contributed by atoms with Gasteiger partial charge in [0, 0.05) is 5.46 Å². The third-order valence-corrected chi connectivity index (χ3v) is 2.57. The summed E-state index contributed by atoms with van der Waals surface area (Å²) in [5.41, 5.74) is 1.70. The molecule has 0 spiro atoms. The number of benzene rings is 1. The minimum absolute atomic E-state index is 0.119. The normalized spacial score (nSPS) is 15.1. The van der Waals surface area contributed by atoms with Gasteiger partial charge in [0.2, 0.25) is 0 Å². The highest BCUT2D eigenvalue weighted by Gasteiger charge is 2.32. The first-order chi connectivity index (χ1) is 6.61. The van der Waals surface area contributed by atoms with Crippen molar-refractivity contribution in [2.24, 2.45) is 0 Å². The highest BCUT2D eigenvalue weighted by Crippen LogP contribution is 2.21. The molecule has 0 bridgehead atoms. The Balaban J connectivity index is 2.56. The summed E-state index contributed by atoms with van der Waals surface area (Å²) < 4.78 is 18.8. The molecule has 1 aromatic carbocycles. The van der Waals surface area contributed by atoms with E-state index >= 15 is 0 Å². The van der Waals surface area contributed by atoms with Crippen LogP contribution in [-0.2, 0) is 11.3 Å². The Hall–Kier alpha value is -0.865. The van der Waals surface area contributed by atoms with Crippen molar-refractivity contribution in [1.29, 1.82) is 0 Å². The summed E-state index contributed by atoms with van der Waals surface area (Å²) in [5.74, 6) is -0.199. The number of hydrogen-bond acceptors (Lipinski definition) is 2. The molecule has 0 aliphatic carbocycles. The molecule has 4 heteroatoms. The molecule has 0 atom stereocenters. The smallest absolute Gasteiger partial charge is 0.423 e. The van der Waals surface area contributed by atoms with Crippen LogP contribution in [0.15, 0.2) is 12.1 Å². The maximum absolute atomic E-state index is 13.8. The molecule has 1 aliphatic rings. The molecule has 1 heterocycles. The Morgan fingerprint density at radius 2 is 2.21 bits per heavy atom. The summed E-state index contributed by atoms with van der Waals surface area (Å²) in [6, 6.07) is 3.59. The molecule has 2 nitrogen and oxygen atoms in total. The van der Waals surface area contributed by atoms with Gasteiger partial charge in [-0.25, -0.2) is 4.39 Å². The average molecular weight is 194 g/mol. The van der Waals surface area contributed by atoms with E-state index in [1.54, 1.807) is 6.07 Å². The predicted molar refractivity (Wildman–Crippen MR) is 52.9 cm³/mol. The quantitative estimate of drug-likeness (QED) is 0.680. The average Bonchev–Trinajstić information content (AvgIpc) is 2.48. The van der Waals surface area contributed by atoms with Crippen molar-refractivity contribution in [1.82, 2.24) is 0 Å². The molecule has 0 saturated heterocycles. The van der Waals surface area contributed by atoms with Crippen LogP contribution in [0.3, 0.4) is 0 Å². The van der Waals surface area contributed by atoms with E-state index in [0.29, 0.717) is 17.6 Å². The number of halogens is 1. The van der Waals surface area contributed by atoms with E-state index < -0.39 is 7.12 Å². The second-order valence-electron chi connectivity index (χ2n) is 3.86. The number of rotatable bonds is 1. The minimum atomic E-state index is -1.09. The lowest BCUT2D eigenvalue weighted by molar-refractivity contribution is 0.275. The van der Waals surface area contributed by atoms with Gasteiger partial charge in [0.1, 0.15) is 5.82 Å². The van der Waals surface area contributed by atoms with E-state index in [1.807, 2.05) is 19.9 Å². The van der Waals surface area contributed by atoms with Gasteiger partial charge in [-0.1, -0.05) is 26.0 Å². The zero-order valence-corrected chi connectivity index (χ0v) is 8.25. The molecule has 0 radical (unpaired) electrons. The first-order valence-electron chi connectivity index (χ1n) is 4.72. The van der Waals surface area contributed by atoms with Crippen LogP contribution in [0, 0.1) is 5.82 Å². The van der Waals surface area contributed by atoms with Crippen LogP contribution in [0.5, 0.6) is 0 Å². The van der Waals surface area contributed by atoms with Crippen molar-refractivity contribution in [3.8, 4) is 0 Å². The van der Waals surface area contributed by atoms with E-state index in [4.69, 9.17) is 4.65 Å². The van der Waals surface area contributed by atoms with Gasteiger partial charge < -0.3 is 9.68 Å². The molecule has 1 N–H and O–H groups in total. The van der Waals surface area contributed by atoms with Crippen LogP contribution in [-0.4, -0.2) is 12.1 Å². The van der Waals surface area contributed by atoms with Gasteiger partial charge in [-0.3, -0.25) is 0 Å². The van der Waals surface area contributed by atoms with Crippen molar-refractivity contribution >= 4 is 12.6 Å². The summed E-state index contributed by atoms with van der Waals surface area (Å²) in [4.78, 5) is 0. The molecule has 0 saturated carbocycles. The first-order valence-corrected chi connectivity index (χ1v) is 4.72. The Morgan fingerprint density at radius 1 is 1.50 bits per heavy atom. The minimum Gasteiger partial charge on any atom is -0.423 e. The maximum Gasteiger partial charge on any atom is 0.494 e. The fraction of sp³-hybridized carbons (Fsp3) is 0.400. The summed E-state index contributed by atoms with van der Waals surface area (Å²) >= 11 is 0. The van der Waals surface area contributed by atoms with Crippen LogP contribution in [0.4, 0.5) is 4.39 Å². The second kappa shape index (κ2) is 3.37. The monoisotopic (exact) mass is 194 g/mol. The molecular formula is C10H12BFO2.